The van der Waals surface area contributed by atoms with E-state index in [2.05, 4.69) is 17.2 Å². The number of hydrogen-bond donors (Lipinski definition) is 1. The van der Waals surface area contributed by atoms with Crippen LogP contribution < -0.4 is 5.32 Å². The molecule has 1 unspecified atom stereocenters. The van der Waals surface area contributed by atoms with Gasteiger partial charge in [-0.1, -0.05) is 18.7 Å². The first-order valence-electron chi connectivity index (χ1n) is 5.78. The number of aliphatic imine (C=N–C) groups is 1. The number of benzene rings is 1. The van der Waals surface area contributed by atoms with Crippen LogP contribution in [0.15, 0.2) is 29.3 Å². The molecule has 1 aromatic carbocycles. The fraction of sp³-hybridized carbons (Fsp3) is 0.385. The predicted molar refractivity (Wildman–Crippen MR) is 74.0 cm³/mol. The van der Waals surface area contributed by atoms with Crippen molar-refractivity contribution < 1.29 is 4.79 Å². The highest BCUT2D eigenvalue weighted by Crippen LogP contribution is 2.24. The zero-order valence-corrected chi connectivity index (χ0v) is 10.9. The van der Waals surface area contributed by atoms with Crippen molar-refractivity contribution in [1.29, 1.82) is 0 Å². The predicted octanol–water partition coefficient (Wildman–Crippen LogP) is 3.18. The van der Waals surface area contributed by atoms with Crippen LogP contribution in [0.2, 0.25) is 0 Å². The zero-order valence-electron chi connectivity index (χ0n) is 10.1. The van der Waals surface area contributed by atoms with E-state index in [4.69, 9.17) is 0 Å². The first kappa shape index (κ1) is 12.2. The van der Waals surface area contributed by atoms with Gasteiger partial charge in [0.05, 0.1) is 6.54 Å². The van der Waals surface area contributed by atoms with E-state index in [-0.39, 0.29) is 5.78 Å². The average Bonchev–Trinajstić information content (AvgIpc) is 2.77. The first-order valence-corrected chi connectivity index (χ1v) is 6.66. The number of anilines is 1. The van der Waals surface area contributed by atoms with Crippen LogP contribution in [0, 0.1) is 0 Å². The van der Waals surface area contributed by atoms with Crippen LogP contribution in [0.4, 0.5) is 5.69 Å². The molecule has 0 amide bonds. The molecule has 0 aliphatic carbocycles. The smallest absolute Gasteiger partial charge is 0.161 e. The molecule has 0 radical (unpaired) electrons. The van der Waals surface area contributed by atoms with Gasteiger partial charge in [0.25, 0.3) is 0 Å². The quantitative estimate of drug-likeness (QED) is 0.835. The summed E-state index contributed by atoms with van der Waals surface area (Å²) in [6, 6.07) is 7.50. The number of Topliss-reactive ketones (excluding diaryl/α,β-unsaturated/α-hetero) is 1. The lowest BCUT2D eigenvalue weighted by Crippen LogP contribution is -2.07. The first-order chi connectivity index (χ1) is 8.19. The van der Waals surface area contributed by atoms with E-state index >= 15 is 0 Å². The summed E-state index contributed by atoms with van der Waals surface area (Å²) in [5, 5.41) is 4.86. The summed E-state index contributed by atoms with van der Waals surface area (Å²) in [6.07, 6.45) is 1.14. The highest BCUT2D eigenvalue weighted by molar-refractivity contribution is 8.15. The number of nitrogens with one attached hydrogen (secondary N) is 1. The lowest BCUT2D eigenvalue weighted by Gasteiger charge is -2.07. The summed E-state index contributed by atoms with van der Waals surface area (Å²) in [5.74, 6) is 0.0928. The van der Waals surface area contributed by atoms with Gasteiger partial charge < -0.3 is 5.32 Å². The van der Waals surface area contributed by atoms with Crippen molar-refractivity contribution in [2.24, 2.45) is 4.99 Å². The molecular formula is C13H16N2OS. The lowest BCUT2D eigenvalue weighted by atomic mass is 10.1. The molecule has 0 bridgehead atoms. The molecule has 1 heterocycles. The van der Waals surface area contributed by atoms with E-state index in [1.807, 2.05) is 24.3 Å². The Balaban J connectivity index is 1.98. The van der Waals surface area contributed by atoms with E-state index in [1.54, 1.807) is 18.7 Å². The van der Waals surface area contributed by atoms with Crippen LogP contribution in [0.5, 0.6) is 0 Å². The fourth-order valence-corrected chi connectivity index (χ4v) is 2.57. The summed E-state index contributed by atoms with van der Waals surface area (Å²) in [6.45, 7) is 4.65. The van der Waals surface area contributed by atoms with Gasteiger partial charge >= 0.3 is 0 Å². The number of carbonyl (C=O) groups is 1. The van der Waals surface area contributed by atoms with Crippen LogP contribution >= 0.6 is 11.8 Å². The third-order valence-electron chi connectivity index (χ3n) is 2.71. The van der Waals surface area contributed by atoms with E-state index in [0.717, 1.165) is 29.4 Å². The summed E-state index contributed by atoms with van der Waals surface area (Å²) < 4.78 is 0. The van der Waals surface area contributed by atoms with Crippen molar-refractivity contribution in [1.82, 2.24) is 0 Å². The second kappa shape index (κ2) is 5.36. The number of ketones is 1. The molecule has 0 aromatic heterocycles. The maximum atomic E-state index is 11.1. The van der Waals surface area contributed by atoms with Crippen molar-refractivity contribution in [3.63, 3.8) is 0 Å². The molecule has 3 nitrogen and oxygen atoms in total. The summed E-state index contributed by atoms with van der Waals surface area (Å²) in [7, 11) is 0. The Morgan fingerprint density at radius 2 is 2.18 bits per heavy atom. The molecule has 0 fully saturated rings. The maximum absolute atomic E-state index is 11.1. The molecule has 2 rings (SSSR count). The Morgan fingerprint density at radius 3 is 2.71 bits per heavy atom. The normalized spacial score (nSPS) is 18.9. The van der Waals surface area contributed by atoms with Gasteiger partial charge in [-0.05, 0) is 37.6 Å². The monoisotopic (exact) mass is 248 g/mol. The van der Waals surface area contributed by atoms with Crippen molar-refractivity contribution in [3.8, 4) is 0 Å². The molecule has 4 heteroatoms. The van der Waals surface area contributed by atoms with Gasteiger partial charge in [-0.25, -0.2) is 0 Å². The minimum Gasteiger partial charge on any atom is -0.335 e. The molecule has 1 aromatic rings. The SMILES string of the molecule is CCC1CN=C(Nc2ccc(C(C)=O)cc2)S1. The van der Waals surface area contributed by atoms with Gasteiger partial charge in [0, 0.05) is 16.5 Å². The van der Waals surface area contributed by atoms with Crippen LogP contribution in [-0.4, -0.2) is 22.7 Å². The molecule has 1 atom stereocenters. The second-order valence-corrected chi connectivity index (χ2v) is 5.34. The second-order valence-electron chi connectivity index (χ2n) is 4.05. The molecule has 0 saturated heterocycles. The van der Waals surface area contributed by atoms with E-state index < -0.39 is 0 Å². The van der Waals surface area contributed by atoms with Crippen molar-refractivity contribution in [2.75, 3.05) is 11.9 Å². The molecule has 90 valence electrons. The minimum atomic E-state index is 0.0928. The Hall–Kier alpha value is -1.29. The fourth-order valence-electron chi connectivity index (χ4n) is 1.61. The molecule has 17 heavy (non-hydrogen) atoms. The van der Waals surface area contributed by atoms with Gasteiger partial charge in [0.2, 0.25) is 0 Å². The lowest BCUT2D eigenvalue weighted by molar-refractivity contribution is 0.101. The molecule has 0 spiro atoms. The molecule has 1 N–H and O–H groups in total. The van der Waals surface area contributed by atoms with Crippen molar-refractivity contribution >= 4 is 28.4 Å². The van der Waals surface area contributed by atoms with Gasteiger partial charge in [-0.3, -0.25) is 9.79 Å². The zero-order chi connectivity index (χ0) is 12.3. The highest BCUT2D eigenvalue weighted by Gasteiger charge is 2.17. The van der Waals surface area contributed by atoms with E-state index in [9.17, 15) is 4.79 Å². The highest BCUT2D eigenvalue weighted by atomic mass is 32.2. The number of rotatable bonds is 3. The number of hydrogen-bond acceptors (Lipinski definition) is 4. The molecule has 0 saturated carbocycles. The Labute approximate surface area is 106 Å². The number of amidine groups is 1. The summed E-state index contributed by atoms with van der Waals surface area (Å²) in [5.41, 5.74) is 1.72. The summed E-state index contributed by atoms with van der Waals surface area (Å²) >= 11 is 1.79. The maximum Gasteiger partial charge on any atom is 0.161 e. The van der Waals surface area contributed by atoms with E-state index in [0.29, 0.717) is 5.25 Å². The number of thioether (sulfide) groups is 1. The van der Waals surface area contributed by atoms with Gasteiger partial charge in [0.15, 0.2) is 11.0 Å². The summed E-state index contributed by atoms with van der Waals surface area (Å²) in [4.78, 5) is 15.6. The molecule has 1 aliphatic rings. The Kier molecular flexibility index (Phi) is 3.84. The minimum absolute atomic E-state index is 0.0928. The Morgan fingerprint density at radius 1 is 1.47 bits per heavy atom. The van der Waals surface area contributed by atoms with Gasteiger partial charge in [0.1, 0.15) is 0 Å². The Bertz CT molecular complexity index is 439. The standard InChI is InChI=1S/C13H16N2OS/c1-3-12-8-14-13(17-12)15-11-6-4-10(5-7-11)9(2)16/h4-7,12H,3,8H2,1-2H3,(H,14,15). The number of carbonyl (C=O) groups excluding carboxylic acids is 1. The van der Waals surface area contributed by atoms with Crippen molar-refractivity contribution in [3.05, 3.63) is 29.8 Å². The average molecular weight is 248 g/mol. The third-order valence-corrected chi connectivity index (χ3v) is 3.99. The van der Waals surface area contributed by atoms with Crippen LogP contribution in [0.1, 0.15) is 30.6 Å². The van der Waals surface area contributed by atoms with Crippen LogP contribution in [0.3, 0.4) is 0 Å². The molecule has 1 aliphatic heterocycles. The van der Waals surface area contributed by atoms with Crippen molar-refractivity contribution in [2.45, 2.75) is 25.5 Å². The number of nitrogens with zero attached hydrogens (tertiary/aromatic N) is 1. The molecular weight excluding hydrogens is 232 g/mol. The van der Waals surface area contributed by atoms with Crippen LogP contribution in [-0.2, 0) is 0 Å². The largest absolute Gasteiger partial charge is 0.335 e. The van der Waals surface area contributed by atoms with Crippen LogP contribution in [0.25, 0.3) is 0 Å². The van der Waals surface area contributed by atoms with E-state index in [1.165, 1.54) is 0 Å². The van der Waals surface area contributed by atoms with Gasteiger partial charge in [-0.2, -0.15) is 0 Å². The van der Waals surface area contributed by atoms with Gasteiger partial charge in [-0.15, -0.1) is 0 Å². The topological polar surface area (TPSA) is 41.5 Å². The third kappa shape index (κ3) is 3.09.